The second kappa shape index (κ2) is 7.74. The van der Waals surface area contributed by atoms with Gasteiger partial charge in [-0.05, 0) is 69.1 Å². The number of hydrogen-bond acceptors (Lipinski definition) is 5. The molecule has 6 nitrogen and oxygen atoms in total. The minimum atomic E-state index is -0.0468. The van der Waals surface area contributed by atoms with Gasteiger partial charge >= 0.3 is 0 Å². The van der Waals surface area contributed by atoms with Crippen LogP contribution in [0.25, 0.3) is 16.8 Å². The number of benzene rings is 2. The van der Waals surface area contributed by atoms with Gasteiger partial charge in [0, 0.05) is 19.2 Å². The Bertz CT molecular complexity index is 1070. The summed E-state index contributed by atoms with van der Waals surface area (Å²) in [5.74, 6) is -0.0468. The van der Waals surface area contributed by atoms with Crippen molar-refractivity contribution < 1.29 is 4.79 Å². The van der Waals surface area contributed by atoms with E-state index in [4.69, 9.17) is 0 Å². The minimum absolute atomic E-state index is 0.0468. The van der Waals surface area contributed by atoms with Crippen LogP contribution in [-0.4, -0.2) is 38.1 Å². The first-order valence-electron chi connectivity index (χ1n) is 8.82. The predicted molar refractivity (Wildman–Crippen MR) is 109 cm³/mol. The van der Waals surface area contributed by atoms with E-state index >= 15 is 0 Å². The van der Waals surface area contributed by atoms with Crippen LogP contribution in [0.15, 0.2) is 65.6 Å². The SMILES string of the molecule is Cc1ccc(-c2cc(C(=O)N(C)Cc3ccsc3)cc(-n3cnnn3)c2)cc1. The van der Waals surface area contributed by atoms with Crippen molar-refractivity contribution in [2.75, 3.05) is 7.05 Å². The number of carbonyl (C=O) groups excluding carboxylic acids is 1. The smallest absolute Gasteiger partial charge is 0.253 e. The van der Waals surface area contributed by atoms with Gasteiger partial charge in [-0.2, -0.15) is 11.3 Å². The molecule has 0 aliphatic carbocycles. The predicted octanol–water partition coefficient (Wildman–Crippen LogP) is 3.97. The summed E-state index contributed by atoms with van der Waals surface area (Å²) in [5.41, 5.74) is 5.63. The van der Waals surface area contributed by atoms with Crippen LogP contribution < -0.4 is 0 Å². The molecule has 0 atom stereocenters. The van der Waals surface area contributed by atoms with Gasteiger partial charge in [-0.3, -0.25) is 4.79 Å². The largest absolute Gasteiger partial charge is 0.337 e. The molecular formula is C21H19N5OS. The van der Waals surface area contributed by atoms with Crippen LogP contribution in [0.5, 0.6) is 0 Å². The maximum Gasteiger partial charge on any atom is 0.253 e. The number of carbonyl (C=O) groups is 1. The van der Waals surface area contributed by atoms with Crippen LogP contribution in [0.3, 0.4) is 0 Å². The number of hydrogen-bond donors (Lipinski definition) is 0. The molecule has 0 unspecified atom stereocenters. The molecule has 2 aromatic heterocycles. The molecule has 0 saturated carbocycles. The van der Waals surface area contributed by atoms with Crippen molar-refractivity contribution >= 4 is 17.2 Å². The summed E-state index contributed by atoms with van der Waals surface area (Å²) >= 11 is 1.63. The van der Waals surface area contributed by atoms with Gasteiger partial charge in [0.2, 0.25) is 0 Å². The Kier molecular flexibility index (Phi) is 4.99. The Morgan fingerprint density at radius 2 is 1.93 bits per heavy atom. The van der Waals surface area contributed by atoms with Crippen LogP contribution in [0, 0.1) is 6.92 Å². The molecule has 0 bridgehead atoms. The zero-order valence-corrected chi connectivity index (χ0v) is 16.4. The van der Waals surface area contributed by atoms with Crippen molar-refractivity contribution in [3.8, 4) is 16.8 Å². The molecule has 0 radical (unpaired) electrons. The Morgan fingerprint density at radius 3 is 2.61 bits per heavy atom. The molecule has 140 valence electrons. The molecule has 2 aromatic carbocycles. The minimum Gasteiger partial charge on any atom is -0.337 e. The molecule has 28 heavy (non-hydrogen) atoms. The van der Waals surface area contributed by atoms with E-state index in [0.29, 0.717) is 12.1 Å². The molecule has 0 N–H and O–H groups in total. The third-order valence-corrected chi connectivity index (χ3v) is 5.24. The van der Waals surface area contributed by atoms with E-state index in [2.05, 4.69) is 52.1 Å². The zero-order chi connectivity index (χ0) is 19.5. The van der Waals surface area contributed by atoms with E-state index in [1.807, 2.05) is 36.7 Å². The van der Waals surface area contributed by atoms with E-state index in [0.717, 1.165) is 22.4 Å². The van der Waals surface area contributed by atoms with Crippen LogP contribution in [0.2, 0.25) is 0 Å². The number of tetrazole rings is 1. The molecule has 4 rings (SSSR count). The maximum absolute atomic E-state index is 13.1. The van der Waals surface area contributed by atoms with Crippen molar-refractivity contribution in [3.05, 3.63) is 82.3 Å². The van der Waals surface area contributed by atoms with Gasteiger partial charge in [-0.15, -0.1) is 5.10 Å². The summed E-state index contributed by atoms with van der Waals surface area (Å²) in [4.78, 5) is 14.8. The summed E-state index contributed by atoms with van der Waals surface area (Å²) in [6.45, 7) is 2.62. The highest BCUT2D eigenvalue weighted by atomic mass is 32.1. The van der Waals surface area contributed by atoms with Gasteiger partial charge in [0.15, 0.2) is 0 Å². The van der Waals surface area contributed by atoms with Gasteiger partial charge < -0.3 is 4.90 Å². The topological polar surface area (TPSA) is 63.9 Å². The van der Waals surface area contributed by atoms with Crippen molar-refractivity contribution in [2.45, 2.75) is 13.5 Å². The number of rotatable bonds is 5. The first-order valence-corrected chi connectivity index (χ1v) is 9.76. The normalized spacial score (nSPS) is 10.8. The van der Waals surface area contributed by atoms with Crippen LogP contribution in [-0.2, 0) is 6.54 Å². The average Bonchev–Trinajstić information content (AvgIpc) is 3.42. The van der Waals surface area contributed by atoms with E-state index in [9.17, 15) is 4.79 Å². The number of aryl methyl sites for hydroxylation is 1. The first kappa shape index (κ1) is 18.1. The van der Waals surface area contributed by atoms with Crippen LogP contribution in [0.4, 0.5) is 0 Å². The van der Waals surface area contributed by atoms with Gasteiger partial charge in [0.05, 0.1) is 5.69 Å². The van der Waals surface area contributed by atoms with Crippen molar-refractivity contribution in [1.29, 1.82) is 0 Å². The van der Waals surface area contributed by atoms with E-state index in [-0.39, 0.29) is 5.91 Å². The molecule has 0 spiro atoms. The molecule has 0 aliphatic heterocycles. The number of aromatic nitrogens is 4. The third kappa shape index (κ3) is 3.84. The Balaban J connectivity index is 1.73. The van der Waals surface area contributed by atoms with Crippen LogP contribution >= 0.6 is 11.3 Å². The van der Waals surface area contributed by atoms with Gasteiger partial charge in [0.1, 0.15) is 6.33 Å². The maximum atomic E-state index is 13.1. The molecular weight excluding hydrogens is 370 g/mol. The molecule has 7 heteroatoms. The molecule has 1 amide bonds. The standard InChI is InChI=1S/C21H19N5OS/c1-15-3-5-17(6-4-15)18-9-19(11-20(10-18)26-14-22-23-24-26)21(27)25(2)12-16-7-8-28-13-16/h3-11,13-14H,12H2,1-2H3. The highest BCUT2D eigenvalue weighted by Gasteiger charge is 2.16. The fraction of sp³-hybridized carbons (Fsp3) is 0.143. The highest BCUT2D eigenvalue weighted by molar-refractivity contribution is 7.07. The van der Waals surface area contributed by atoms with Gasteiger partial charge in [-0.25, -0.2) is 4.68 Å². The summed E-state index contributed by atoms with van der Waals surface area (Å²) < 4.78 is 1.56. The number of nitrogens with zero attached hydrogens (tertiary/aromatic N) is 5. The quantitative estimate of drug-likeness (QED) is 0.518. The Morgan fingerprint density at radius 1 is 1.11 bits per heavy atom. The molecule has 0 fully saturated rings. The van der Waals surface area contributed by atoms with Crippen molar-refractivity contribution in [2.24, 2.45) is 0 Å². The number of thiophene rings is 1. The molecule has 2 heterocycles. The lowest BCUT2D eigenvalue weighted by atomic mass is 10.0. The van der Waals surface area contributed by atoms with Crippen LogP contribution in [0.1, 0.15) is 21.5 Å². The fourth-order valence-corrected chi connectivity index (χ4v) is 3.67. The summed E-state index contributed by atoms with van der Waals surface area (Å²) in [5, 5.41) is 15.5. The third-order valence-electron chi connectivity index (χ3n) is 4.51. The Labute approximate surface area is 167 Å². The van der Waals surface area contributed by atoms with Crippen molar-refractivity contribution in [1.82, 2.24) is 25.1 Å². The fourth-order valence-electron chi connectivity index (χ4n) is 3.01. The van der Waals surface area contributed by atoms with Gasteiger partial charge in [-0.1, -0.05) is 29.8 Å². The first-order chi connectivity index (χ1) is 13.6. The second-order valence-electron chi connectivity index (χ2n) is 6.68. The van der Waals surface area contributed by atoms with E-state index in [1.165, 1.54) is 11.9 Å². The highest BCUT2D eigenvalue weighted by Crippen LogP contribution is 2.25. The lowest BCUT2D eigenvalue weighted by Gasteiger charge is -2.18. The second-order valence-corrected chi connectivity index (χ2v) is 7.46. The van der Waals surface area contributed by atoms with E-state index < -0.39 is 0 Å². The van der Waals surface area contributed by atoms with Crippen molar-refractivity contribution in [3.63, 3.8) is 0 Å². The summed E-state index contributed by atoms with van der Waals surface area (Å²) in [6.07, 6.45) is 1.53. The summed E-state index contributed by atoms with van der Waals surface area (Å²) in [6, 6.07) is 16.0. The van der Waals surface area contributed by atoms with E-state index in [1.54, 1.807) is 20.9 Å². The molecule has 0 aliphatic rings. The average molecular weight is 389 g/mol. The zero-order valence-electron chi connectivity index (χ0n) is 15.6. The lowest BCUT2D eigenvalue weighted by molar-refractivity contribution is 0.0785. The number of amides is 1. The molecule has 4 aromatic rings. The summed E-state index contributed by atoms with van der Waals surface area (Å²) in [7, 11) is 1.81. The van der Waals surface area contributed by atoms with Gasteiger partial charge in [0.25, 0.3) is 5.91 Å². The Hall–Kier alpha value is -3.32. The molecule has 0 saturated heterocycles. The monoisotopic (exact) mass is 389 g/mol. The lowest BCUT2D eigenvalue weighted by Crippen LogP contribution is -2.26.